The zero-order valence-electron chi connectivity index (χ0n) is 13.8. The lowest BCUT2D eigenvalue weighted by Gasteiger charge is -2.29. The van der Waals surface area contributed by atoms with Crippen LogP contribution in [0.5, 0.6) is 0 Å². The van der Waals surface area contributed by atoms with Gasteiger partial charge in [0.2, 0.25) is 5.95 Å². The SMILES string of the molecule is Fc1cc(Nc2ncn(-c3cncc(F)c3)n2)cc(N2CCOCC2)c1. The average Bonchev–Trinajstić information content (AvgIpc) is 3.10. The Morgan fingerprint density at radius 3 is 2.58 bits per heavy atom. The summed E-state index contributed by atoms with van der Waals surface area (Å²) in [6.45, 7) is 2.66. The molecule has 2 aromatic heterocycles. The number of nitrogens with zero attached hydrogens (tertiary/aromatic N) is 5. The second kappa shape index (κ2) is 7.04. The summed E-state index contributed by atoms with van der Waals surface area (Å²) >= 11 is 0. The fourth-order valence-electron chi connectivity index (χ4n) is 2.75. The molecule has 0 unspecified atom stereocenters. The third kappa shape index (κ3) is 3.62. The first kappa shape index (κ1) is 16.4. The summed E-state index contributed by atoms with van der Waals surface area (Å²) in [6, 6.07) is 5.98. The zero-order valence-corrected chi connectivity index (χ0v) is 13.8. The van der Waals surface area contributed by atoms with E-state index in [0.29, 0.717) is 37.7 Å². The van der Waals surface area contributed by atoms with Crippen LogP contribution in [0.15, 0.2) is 43.0 Å². The number of nitrogens with one attached hydrogen (secondary N) is 1. The Balaban J connectivity index is 1.55. The van der Waals surface area contributed by atoms with Crippen LogP contribution < -0.4 is 10.2 Å². The third-order valence-corrected chi connectivity index (χ3v) is 3.96. The maximum atomic E-state index is 14.0. The Labute approximate surface area is 148 Å². The lowest BCUT2D eigenvalue weighted by Crippen LogP contribution is -2.36. The number of aromatic nitrogens is 4. The molecule has 1 fully saturated rings. The minimum Gasteiger partial charge on any atom is -0.378 e. The molecule has 26 heavy (non-hydrogen) atoms. The molecule has 1 aliphatic rings. The van der Waals surface area contributed by atoms with Gasteiger partial charge in [-0.3, -0.25) is 4.98 Å². The minimum absolute atomic E-state index is 0.271. The largest absolute Gasteiger partial charge is 0.378 e. The van der Waals surface area contributed by atoms with Crippen molar-refractivity contribution in [3.63, 3.8) is 0 Å². The molecule has 7 nitrogen and oxygen atoms in total. The predicted octanol–water partition coefficient (Wildman–Crippen LogP) is 2.52. The first-order valence-corrected chi connectivity index (χ1v) is 8.10. The molecule has 4 rings (SSSR count). The topological polar surface area (TPSA) is 68.1 Å². The molecular weight excluding hydrogens is 342 g/mol. The van der Waals surface area contributed by atoms with E-state index >= 15 is 0 Å². The van der Waals surface area contributed by atoms with Gasteiger partial charge in [-0.15, -0.1) is 5.10 Å². The number of morpholine rings is 1. The summed E-state index contributed by atoms with van der Waals surface area (Å²) in [5.41, 5.74) is 1.74. The maximum Gasteiger partial charge on any atom is 0.246 e. The Morgan fingerprint density at radius 1 is 0.962 bits per heavy atom. The van der Waals surface area contributed by atoms with E-state index in [0.717, 1.165) is 11.9 Å². The highest BCUT2D eigenvalue weighted by atomic mass is 19.1. The number of halogens is 2. The van der Waals surface area contributed by atoms with Gasteiger partial charge in [0, 0.05) is 30.5 Å². The van der Waals surface area contributed by atoms with Crippen molar-refractivity contribution in [1.29, 1.82) is 0 Å². The molecule has 0 atom stereocenters. The Bertz CT molecular complexity index is 910. The van der Waals surface area contributed by atoms with Crippen LogP contribution in [0.25, 0.3) is 5.69 Å². The highest BCUT2D eigenvalue weighted by Crippen LogP contribution is 2.24. The zero-order chi connectivity index (χ0) is 17.9. The van der Waals surface area contributed by atoms with Crippen LogP contribution in [-0.2, 0) is 4.74 Å². The summed E-state index contributed by atoms with van der Waals surface area (Å²) in [6.07, 6.45) is 4.01. The molecule has 0 amide bonds. The molecule has 134 valence electrons. The first-order chi connectivity index (χ1) is 12.7. The van der Waals surface area contributed by atoms with Crippen molar-refractivity contribution in [1.82, 2.24) is 19.7 Å². The summed E-state index contributed by atoms with van der Waals surface area (Å²) in [5.74, 6) is -0.550. The van der Waals surface area contributed by atoms with Crippen molar-refractivity contribution in [2.75, 3.05) is 36.5 Å². The van der Waals surface area contributed by atoms with E-state index in [2.05, 4.69) is 25.3 Å². The standard InChI is InChI=1S/C17H16F2N6O/c18-12-5-14(8-15(6-12)24-1-3-26-4-2-24)22-17-21-11-25(23-17)16-7-13(19)9-20-10-16/h5-11H,1-4H2,(H,22,23). The molecule has 0 aliphatic carbocycles. The van der Waals surface area contributed by atoms with Crippen molar-refractivity contribution in [2.45, 2.75) is 0 Å². The molecule has 1 N–H and O–H groups in total. The second-order valence-corrected chi connectivity index (χ2v) is 5.80. The van der Waals surface area contributed by atoms with Gasteiger partial charge in [0.15, 0.2) is 0 Å². The number of ether oxygens (including phenoxy) is 1. The van der Waals surface area contributed by atoms with Gasteiger partial charge in [-0.1, -0.05) is 0 Å². The molecule has 0 spiro atoms. The van der Waals surface area contributed by atoms with Crippen LogP contribution in [0.1, 0.15) is 0 Å². The van der Waals surface area contributed by atoms with Gasteiger partial charge >= 0.3 is 0 Å². The van der Waals surface area contributed by atoms with E-state index in [1.807, 2.05) is 6.07 Å². The fraction of sp³-hybridized carbons (Fsp3) is 0.235. The Kier molecular flexibility index (Phi) is 4.44. The van der Waals surface area contributed by atoms with Crippen LogP contribution in [0.3, 0.4) is 0 Å². The van der Waals surface area contributed by atoms with E-state index in [9.17, 15) is 8.78 Å². The first-order valence-electron chi connectivity index (χ1n) is 8.10. The number of anilines is 3. The Hall–Kier alpha value is -3.07. The van der Waals surface area contributed by atoms with Crippen molar-refractivity contribution < 1.29 is 13.5 Å². The van der Waals surface area contributed by atoms with E-state index < -0.39 is 5.82 Å². The molecule has 3 heterocycles. The Morgan fingerprint density at radius 2 is 1.77 bits per heavy atom. The van der Waals surface area contributed by atoms with Crippen LogP contribution in [0.2, 0.25) is 0 Å². The predicted molar refractivity (Wildman–Crippen MR) is 91.8 cm³/mol. The number of benzene rings is 1. The summed E-state index contributed by atoms with van der Waals surface area (Å²) in [5, 5.41) is 7.19. The van der Waals surface area contributed by atoms with Crippen LogP contribution in [0, 0.1) is 11.6 Å². The van der Waals surface area contributed by atoms with Gasteiger partial charge in [0.25, 0.3) is 0 Å². The molecule has 0 saturated carbocycles. The molecule has 3 aromatic rings. The van der Waals surface area contributed by atoms with Gasteiger partial charge in [-0.05, 0) is 18.2 Å². The highest BCUT2D eigenvalue weighted by molar-refractivity contribution is 5.62. The van der Waals surface area contributed by atoms with Gasteiger partial charge in [-0.2, -0.15) is 4.98 Å². The van der Waals surface area contributed by atoms with Gasteiger partial charge in [-0.25, -0.2) is 13.5 Å². The summed E-state index contributed by atoms with van der Waals surface area (Å²) < 4.78 is 34.0. The smallest absolute Gasteiger partial charge is 0.246 e. The molecule has 1 saturated heterocycles. The van der Waals surface area contributed by atoms with Gasteiger partial charge < -0.3 is 15.0 Å². The van der Waals surface area contributed by atoms with E-state index in [1.165, 1.54) is 35.4 Å². The lowest BCUT2D eigenvalue weighted by atomic mass is 10.2. The molecule has 0 bridgehead atoms. The van der Waals surface area contributed by atoms with Crippen molar-refractivity contribution in [3.8, 4) is 5.69 Å². The summed E-state index contributed by atoms with van der Waals surface area (Å²) in [7, 11) is 0. The average molecular weight is 358 g/mol. The number of rotatable bonds is 4. The lowest BCUT2D eigenvalue weighted by molar-refractivity contribution is 0.122. The van der Waals surface area contributed by atoms with E-state index in [1.54, 1.807) is 0 Å². The van der Waals surface area contributed by atoms with Crippen molar-refractivity contribution in [2.24, 2.45) is 0 Å². The van der Waals surface area contributed by atoms with Crippen molar-refractivity contribution in [3.05, 3.63) is 54.6 Å². The van der Waals surface area contributed by atoms with Gasteiger partial charge in [0.1, 0.15) is 18.0 Å². The quantitative estimate of drug-likeness (QED) is 0.773. The monoisotopic (exact) mass is 358 g/mol. The molecule has 9 heteroatoms. The van der Waals surface area contributed by atoms with Crippen LogP contribution >= 0.6 is 0 Å². The van der Waals surface area contributed by atoms with Gasteiger partial charge in [0.05, 0.1) is 31.3 Å². The molecule has 1 aliphatic heterocycles. The third-order valence-electron chi connectivity index (χ3n) is 3.96. The highest BCUT2D eigenvalue weighted by Gasteiger charge is 2.14. The fourth-order valence-corrected chi connectivity index (χ4v) is 2.75. The van der Waals surface area contributed by atoms with Crippen LogP contribution in [-0.4, -0.2) is 46.1 Å². The second-order valence-electron chi connectivity index (χ2n) is 5.80. The van der Waals surface area contributed by atoms with Crippen LogP contribution in [0.4, 0.5) is 26.1 Å². The normalized spacial score (nSPS) is 14.5. The molecular formula is C17H16F2N6O. The number of pyridine rings is 1. The van der Waals surface area contributed by atoms with E-state index in [4.69, 9.17) is 4.74 Å². The van der Waals surface area contributed by atoms with E-state index in [-0.39, 0.29) is 11.8 Å². The number of hydrogen-bond acceptors (Lipinski definition) is 6. The maximum absolute atomic E-state index is 14.0. The van der Waals surface area contributed by atoms with Crippen molar-refractivity contribution >= 4 is 17.3 Å². The number of hydrogen-bond donors (Lipinski definition) is 1. The molecule has 1 aromatic carbocycles. The minimum atomic E-state index is -0.465. The molecule has 0 radical (unpaired) electrons. The summed E-state index contributed by atoms with van der Waals surface area (Å²) in [4.78, 5) is 9.96.